The Morgan fingerprint density at radius 1 is 1.18 bits per heavy atom. The summed E-state index contributed by atoms with van der Waals surface area (Å²) < 4.78 is 5.13. The Balaban J connectivity index is 1.56. The molecule has 8 nitrogen and oxygen atoms in total. The van der Waals surface area contributed by atoms with Gasteiger partial charge < -0.3 is 4.74 Å². The van der Waals surface area contributed by atoms with Crippen LogP contribution in [0.4, 0.5) is 10.8 Å². The van der Waals surface area contributed by atoms with Crippen LogP contribution in [0.3, 0.4) is 0 Å². The van der Waals surface area contributed by atoms with Gasteiger partial charge in [-0.05, 0) is 41.5 Å². The van der Waals surface area contributed by atoms with Crippen LogP contribution >= 0.6 is 11.3 Å². The summed E-state index contributed by atoms with van der Waals surface area (Å²) >= 11 is 1.30. The first-order chi connectivity index (χ1) is 13.5. The molecule has 3 aromatic rings. The van der Waals surface area contributed by atoms with Gasteiger partial charge in [0.2, 0.25) is 11.0 Å². The van der Waals surface area contributed by atoms with Crippen molar-refractivity contribution < 1.29 is 14.5 Å². The molecule has 0 aliphatic carbocycles. The van der Waals surface area contributed by atoms with Crippen LogP contribution in [0, 0.1) is 10.1 Å². The second-order valence-corrected chi connectivity index (χ2v) is 6.76. The van der Waals surface area contributed by atoms with E-state index < -0.39 is 4.92 Å². The van der Waals surface area contributed by atoms with Gasteiger partial charge >= 0.3 is 0 Å². The number of benzene rings is 2. The van der Waals surface area contributed by atoms with Crippen LogP contribution in [-0.4, -0.2) is 28.1 Å². The van der Waals surface area contributed by atoms with Crippen molar-refractivity contribution >= 4 is 34.1 Å². The summed E-state index contributed by atoms with van der Waals surface area (Å²) in [6.07, 6.45) is 3.51. The fourth-order valence-corrected chi connectivity index (χ4v) is 3.10. The van der Waals surface area contributed by atoms with E-state index in [4.69, 9.17) is 4.74 Å². The Kier molecular flexibility index (Phi) is 6.07. The van der Waals surface area contributed by atoms with Crippen molar-refractivity contribution in [2.24, 2.45) is 0 Å². The molecule has 0 saturated carbocycles. The highest BCUT2D eigenvalue weighted by Crippen LogP contribution is 2.20. The van der Waals surface area contributed by atoms with Gasteiger partial charge in [-0.3, -0.25) is 20.2 Å². The Bertz CT molecular complexity index is 998. The molecule has 0 aliphatic rings. The van der Waals surface area contributed by atoms with E-state index in [9.17, 15) is 14.9 Å². The summed E-state index contributed by atoms with van der Waals surface area (Å²) in [5.41, 5.74) is 1.74. The van der Waals surface area contributed by atoms with E-state index in [2.05, 4.69) is 15.5 Å². The number of carbonyl (C=O) groups excluding carboxylic acids is 1. The molecule has 0 radical (unpaired) electrons. The van der Waals surface area contributed by atoms with Gasteiger partial charge in [-0.2, -0.15) is 0 Å². The second-order valence-electron chi connectivity index (χ2n) is 5.70. The highest BCUT2D eigenvalue weighted by molar-refractivity contribution is 7.15. The first-order valence-corrected chi connectivity index (χ1v) is 9.04. The molecule has 2 aromatic carbocycles. The maximum atomic E-state index is 12.0. The predicted molar refractivity (Wildman–Crippen MR) is 106 cm³/mol. The maximum Gasteiger partial charge on any atom is 0.269 e. The molecule has 9 heteroatoms. The molecule has 28 heavy (non-hydrogen) atoms. The number of nitro benzene ring substituents is 1. The zero-order valence-electron chi connectivity index (χ0n) is 14.9. The van der Waals surface area contributed by atoms with E-state index >= 15 is 0 Å². The van der Waals surface area contributed by atoms with E-state index in [-0.39, 0.29) is 11.6 Å². The SMILES string of the molecule is COc1ccc(Cc2nnc(NC(=O)C=Cc3ccc([N+](=O)[O-])cc3)s2)cc1. The molecule has 0 aliphatic heterocycles. The van der Waals surface area contributed by atoms with Gasteiger partial charge in [-0.25, -0.2) is 0 Å². The molecule has 0 atom stereocenters. The van der Waals surface area contributed by atoms with Crippen LogP contribution in [0.15, 0.2) is 54.6 Å². The van der Waals surface area contributed by atoms with Gasteiger partial charge in [0.1, 0.15) is 10.8 Å². The largest absolute Gasteiger partial charge is 0.497 e. The van der Waals surface area contributed by atoms with Crippen LogP contribution in [0.5, 0.6) is 5.75 Å². The number of nitro groups is 1. The molecule has 3 rings (SSSR count). The monoisotopic (exact) mass is 396 g/mol. The fourth-order valence-electron chi connectivity index (χ4n) is 2.32. The summed E-state index contributed by atoms with van der Waals surface area (Å²) in [7, 11) is 1.62. The van der Waals surface area contributed by atoms with Crippen LogP contribution in [0.1, 0.15) is 16.1 Å². The number of hydrogen-bond acceptors (Lipinski definition) is 7. The smallest absolute Gasteiger partial charge is 0.269 e. The van der Waals surface area contributed by atoms with Gasteiger partial charge in [0.05, 0.1) is 12.0 Å². The maximum absolute atomic E-state index is 12.0. The second kappa shape index (κ2) is 8.87. The number of anilines is 1. The number of rotatable bonds is 7. The van der Waals surface area contributed by atoms with Crippen molar-refractivity contribution in [3.63, 3.8) is 0 Å². The van der Waals surface area contributed by atoms with Crippen molar-refractivity contribution in [2.75, 3.05) is 12.4 Å². The number of methoxy groups -OCH3 is 1. The van der Waals surface area contributed by atoms with E-state index in [0.29, 0.717) is 17.1 Å². The average molecular weight is 396 g/mol. The summed E-state index contributed by atoms with van der Waals surface area (Å²) in [6, 6.07) is 13.6. The van der Waals surface area contributed by atoms with E-state index in [1.807, 2.05) is 24.3 Å². The number of carbonyl (C=O) groups is 1. The zero-order chi connectivity index (χ0) is 19.9. The number of amides is 1. The van der Waals surface area contributed by atoms with Crippen LogP contribution in [-0.2, 0) is 11.2 Å². The molecule has 0 spiro atoms. The van der Waals surface area contributed by atoms with Gasteiger partial charge in [0.15, 0.2) is 0 Å². The average Bonchev–Trinajstić information content (AvgIpc) is 3.14. The Morgan fingerprint density at radius 2 is 1.89 bits per heavy atom. The van der Waals surface area contributed by atoms with Crippen molar-refractivity contribution in [3.8, 4) is 5.75 Å². The molecule has 1 heterocycles. The molecule has 0 unspecified atom stereocenters. The lowest BCUT2D eigenvalue weighted by molar-refractivity contribution is -0.384. The molecule has 1 aromatic heterocycles. The molecule has 0 fully saturated rings. The van der Waals surface area contributed by atoms with Crippen molar-refractivity contribution in [2.45, 2.75) is 6.42 Å². The van der Waals surface area contributed by atoms with E-state index in [1.165, 1.54) is 29.5 Å². The highest BCUT2D eigenvalue weighted by Gasteiger charge is 2.08. The number of ether oxygens (including phenoxy) is 1. The fraction of sp³-hybridized carbons (Fsp3) is 0.105. The number of non-ortho nitro benzene ring substituents is 1. The van der Waals surface area contributed by atoms with Crippen molar-refractivity contribution in [1.29, 1.82) is 0 Å². The predicted octanol–water partition coefficient (Wildman–Crippen LogP) is 3.70. The molecule has 142 valence electrons. The lowest BCUT2D eigenvalue weighted by Crippen LogP contribution is -2.07. The lowest BCUT2D eigenvalue weighted by Gasteiger charge is -2.00. The van der Waals surface area contributed by atoms with E-state index in [1.54, 1.807) is 25.3 Å². The summed E-state index contributed by atoms with van der Waals surface area (Å²) in [4.78, 5) is 22.2. The summed E-state index contributed by atoms with van der Waals surface area (Å²) in [5, 5.41) is 22.5. The minimum atomic E-state index is -0.473. The van der Waals surface area contributed by atoms with Crippen LogP contribution in [0.2, 0.25) is 0 Å². The van der Waals surface area contributed by atoms with Crippen LogP contribution in [0.25, 0.3) is 6.08 Å². The minimum absolute atomic E-state index is 0.000138. The Morgan fingerprint density at radius 3 is 2.54 bits per heavy atom. The quantitative estimate of drug-likeness (QED) is 0.371. The third-order valence-corrected chi connectivity index (χ3v) is 4.58. The van der Waals surface area contributed by atoms with E-state index in [0.717, 1.165) is 16.3 Å². The molecule has 0 bridgehead atoms. The van der Waals surface area contributed by atoms with Crippen molar-refractivity contribution in [1.82, 2.24) is 10.2 Å². The van der Waals surface area contributed by atoms with Gasteiger partial charge in [0.25, 0.3) is 5.69 Å². The number of hydrogen-bond donors (Lipinski definition) is 1. The number of nitrogens with zero attached hydrogens (tertiary/aromatic N) is 3. The minimum Gasteiger partial charge on any atom is -0.497 e. The van der Waals surface area contributed by atoms with Crippen molar-refractivity contribution in [3.05, 3.63) is 80.9 Å². The molecule has 1 amide bonds. The zero-order valence-corrected chi connectivity index (χ0v) is 15.7. The summed E-state index contributed by atoms with van der Waals surface area (Å²) in [6.45, 7) is 0. The molecular weight excluding hydrogens is 380 g/mol. The van der Waals surface area contributed by atoms with Crippen LogP contribution < -0.4 is 10.1 Å². The Hall–Kier alpha value is -3.59. The third kappa shape index (κ3) is 5.21. The highest BCUT2D eigenvalue weighted by atomic mass is 32.1. The first-order valence-electron chi connectivity index (χ1n) is 8.22. The topological polar surface area (TPSA) is 107 Å². The summed E-state index contributed by atoms with van der Waals surface area (Å²) in [5.74, 6) is 0.430. The normalized spacial score (nSPS) is 10.8. The molecule has 1 N–H and O–H groups in total. The standard InChI is InChI=1S/C19H16N4O4S/c1-27-16-9-4-14(5-10-16)12-18-21-22-19(28-18)20-17(24)11-6-13-2-7-15(8-3-13)23(25)26/h2-11H,12H2,1H3,(H,20,22,24). The molecule has 0 saturated heterocycles. The Labute approximate surface area is 164 Å². The van der Waals surface area contributed by atoms with Gasteiger partial charge in [-0.15, -0.1) is 10.2 Å². The van der Waals surface area contributed by atoms with Gasteiger partial charge in [0, 0.05) is 24.6 Å². The molecular formula is C19H16N4O4S. The lowest BCUT2D eigenvalue weighted by atomic mass is 10.1. The first kappa shape index (κ1) is 19.2. The number of nitrogens with one attached hydrogen (secondary N) is 1. The third-order valence-electron chi connectivity index (χ3n) is 3.74. The number of aromatic nitrogens is 2. The van der Waals surface area contributed by atoms with Gasteiger partial charge in [-0.1, -0.05) is 23.5 Å².